The third kappa shape index (κ3) is 5.53. The summed E-state index contributed by atoms with van der Waals surface area (Å²) in [5.41, 5.74) is 0.568. The minimum Gasteiger partial charge on any atom is -0.481 e. The van der Waals surface area contributed by atoms with Crippen molar-refractivity contribution in [3.63, 3.8) is 0 Å². The fourth-order valence-electron chi connectivity index (χ4n) is 5.73. The molecule has 0 radical (unpaired) electrons. The van der Waals surface area contributed by atoms with E-state index < -0.39 is 23.3 Å². The number of piperidine rings is 1. The molecule has 0 saturated carbocycles. The molecule has 2 aromatic carbocycles. The smallest absolute Gasteiger partial charge is 0.304 e. The molecule has 4 rings (SSSR count). The minimum absolute atomic E-state index is 0.265. The van der Waals surface area contributed by atoms with Gasteiger partial charge in [0.1, 0.15) is 0 Å². The van der Waals surface area contributed by atoms with Crippen LogP contribution in [0.1, 0.15) is 56.2 Å². The average molecular weight is 539 g/mol. The topological polar surface area (TPSA) is 60.9 Å². The predicted octanol–water partition coefficient (Wildman–Crippen LogP) is 6.26. The van der Waals surface area contributed by atoms with E-state index in [4.69, 9.17) is 23.2 Å². The number of likely N-dealkylation sites (tertiary alicyclic amines) is 2. The fraction of sp³-hybridized carbons (Fsp3) is 0.481. The van der Waals surface area contributed by atoms with Crippen LogP contribution in [-0.4, -0.2) is 58.4 Å². The molecule has 4 unspecified atom stereocenters. The molecular weight excluding hydrogens is 509 g/mol. The number of carbonyl (C=O) groups excluding carboxylic acids is 1. The Morgan fingerprint density at radius 1 is 1.11 bits per heavy atom. The lowest BCUT2D eigenvalue weighted by Gasteiger charge is -2.53. The molecule has 2 aliphatic heterocycles. The highest BCUT2D eigenvalue weighted by molar-refractivity contribution is 6.30. The summed E-state index contributed by atoms with van der Waals surface area (Å²) in [5.74, 6) is -4.32. The molecule has 2 fully saturated rings. The Morgan fingerprint density at radius 3 is 2.33 bits per heavy atom. The van der Waals surface area contributed by atoms with Gasteiger partial charge in [-0.25, -0.2) is 8.78 Å². The number of halogens is 4. The van der Waals surface area contributed by atoms with Gasteiger partial charge in [0.05, 0.1) is 31.0 Å². The van der Waals surface area contributed by atoms with Crippen molar-refractivity contribution in [3.05, 3.63) is 69.7 Å². The van der Waals surface area contributed by atoms with Crippen LogP contribution in [0, 0.1) is 5.41 Å². The number of nitrogens with zero attached hydrogens (tertiary/aromatic N) is 2. The van der Waals surface area contributed by atoms with Crippen molar-refractivity contribution in [3.8, 4) is 0 Å². The summed E-state index contributed by atoms with van der Waals surface area (Å²) < 4.78 is 27.2. The van der Waals surface area contributed by atoms with Crippen molar-refractivity contribution in [2.45, 2.75) is 57.0 Å². The Labute approximate surface area is 220 Å². The molecule has 0 aliphatic carbocycles. The largest absolute Gasteiger partial charge is 0.481 e. The Hall–Kier alpha value is -2.22. The molecule has 1 amide bonds. The number of rotatable bonds is 8. The second-order valence-electron chi connectivity index (χ2n) is 10.3. The van der Waals surface area contributed by atoms with Crippen molar-refractivity contribution in [1.82, 2.24) is 9.80 Å². The van der Waals surface area contributed by atoms with Crippen LogP contribution in [0.2, 0.25) is 10.0 Å². The molecule has 4 atom stereocenters. The molecular formula is C27H30Cl2F2N2O3. The third-order valence-corrected chi connectivity index (χ3v) is 7.86. The molecule has 2 saturated heterocycles. The Balaban J connectivity index is 1.83. The molecule has 9 heteroatoms. The van der Waals surface area contributed by atoms with E-state index in [2.05, 4.69) is 0 Å². The Kier molecular flexibility index (Phi) is 7.65. The van der Waals surface area contributed by atoms with Gasteiger partial charge in [0.2, 0.25) is 5.91 Å². The molecule has 0 spiro atoms. The summed E-state index contributed by atoms with van der Waals surface area (Å²) in [5, 5.41) is 10.8. The van der Waals surface area contributed by atoms with Crippen LogP contribution in [0.15, 0.2) is 48.5 Å². The number of carbonyl (C=O) groups is 2. The number of amides is 1. The first kappa shape index (κ1) is 26.8. The van der Waals surface area contributed by atoms with Crippen LogP contribution in [0.5, 0.6) is 0 Å². The van der Waals surface area contributed by atoms with Gasteiger partial charge in [-0.05, 0) is 48.2 Å². The monoisotopic (exact) mass is 538 g/mol. The zero-order valence-corrected chi connectivity index (χ0v) is 21.8. The number of hydrogen-bond acceptors (Lipinski definition) is 3. The van der Waals surface area contributed by atoms with Crippen molar-refractivity contribution in [2.24, 2.45) is 5.41 Å². The van der Waals surface area contributed by atoms with Crippen molar-refractivity contribution < 1.29 is 23.5 Å². The lowest BCUT2D eigenvalue weighted by molar-refractivity contribution is -0.165. The van der Waals surface area contributed by atoms with E-state index in [1.165, 1.54) is 0 Å². The number of carboxylic acid groups (broad SMARTS) is 1. The molecule has 36 heavy (non-hydrogen) atoms. The van der Waals surface area contributed by atoms with E-state index in [0.717, 1.165) is 11.1 Å². The second-order valence-corrected chi connectivity index (χ2v) is 11.2. The quantitative estimate of drug-likeness (QED) is 0.430. The number of alkyl halides is 2. The lowest BCUT2D eigenvalue weighted by atomic mass is 9.67. The molecule has 1 N–H and O–H groups in total. The van der Waals surface area contributed by atoms with Crippen LogP contribution in [0.4, 0.5) is 8.78 Å². The molecule has 2 aromatic rings. The van der Waals surface area contributed by atoms with E-state index in [-0.39, 0.29) is 43.9 Å². The fourth-order valence-corrected chi connectivity index (χ4v) is 6.05. The second kappa shape index (κ2) is 10.3. The van der Waals surface area contributed by atoms with Gasteiger partial charge in [0, 0.05) is 28.5 Å². The van der Waals surface area contributed by atoms with E-state index in [1.807, 2.05) is 37.3 Å². The molecule has 0 bridgehead atoms. The highest BCUT2D eigenvalue weighted by atomic mass is 35.5. The summed E-state index contributed by atoms with van der Waals surface area (Å²) in [6.07, 6.45) is 0.509. The van der Waals surface area contributed by atoms with Crippen LogP contribution in [0.25, 0.3) is 0 Å². The van der Waals surface area contributed by atoms with E-state index in [1.54, 1.807) is 34.9 Å². The van der Waals surface area contributed by atoms with Gasteiger partial charge in [-0.2, -0.15) is 0 Å². The van der Waals surface area contributed by atoms with Crippen molar-refractivity contribution >= 4 is 35.1 Å². The van der Waals surface area contributed by atoms with Crippen LogP contribution >= 0.6 is 23.2 Å². The Bertz CT molecular complexity index is 1120. The number of carboxylic acids is 1. The molecule has 2 heterocycles. The number of hydrogen-bond donors (Lipinski definition) is 1. The highest BCUT2D eigenvalue weighted by Crippen LogP contribution is 2.52. The van der Waals surface area contributed by atoms with Gasteiger partial charge in [-0.15, -0.1) is 0 Å². The summed E-state index contributed by atoms with van der Waals surface area (Å²) >= 11 is 12.5. The maximum atomic E-state index is 14.1. The highest BCUT2D eigenvalue weighted by Gasteiger charge is 2.53. The maximum Gasteiger partial charge on any atom is 0.304 e. The van der Waals surface area contributed by atoms with Gasteiger partial charge in [-0.3, -0.25) is 14.5 Å². The summed E-state index contributed by atoms with van der Waals surface area (Å²) in [4.78, 5) is 29.4. The molecule has 0 aromatic heterocycles. The summed E-state index contributed by atoms with van der Waals surface area (Å²) in [6, 6.07) is 13.8. The normalized spacial score (nSPS) is 26.9. The van der Waals surface area contributed by atoms with E-state index >= 15 is 0 Å². The van der Waals surface area contributed by atoms with Crippen molar-refractivity contribution in [1.29, 1.82) is 0 Å². The first-order valence-corrected chi connectivity index (χ1v) is 12.8. The first-order chi connectivity index (χ1) is 16.9. The molecule has 5 nitrogen and oxygen atoms in total. The molecule has 2 aliphatic rings. The number of benzene rings is 2. The first-order valence-electron chi connectivity index (χ1n) is 12.1. The zero-order valence-electron chi connectivity index (χ0n) is 20.3. The van der Waals surface area contributed by atoms with Crippen LogP contribution < -0.4 is 0 Å². The standard InChI is InChI=1S/C27H30Cl2F2N2O3/c1-3-21(14-32-15-27(30,31)16-32)33-24(17-7-9-19(28)10-8-17)22(18-5-4-6-20(29)11-18)12-26(2,25(33)36)13-23(34)35/h4-11,21-22,24H,3,12-16H2,1-2H3,(H,34,35). The summed E-state index contributed by atoms with van der Waals surface area (Å²) in [7, 11) is 0. The van der Waals surface area contributed by atoms with Gasteiger partial charge < -0.3 is 10.0 Å². The van der Waals surface area contributed by atoms with Gasteiger partial charge in [0.15, 0.2) is 0 Å². The van der Waals surface area contributed by atoms with Gasteiger partial charge in [-0.1, -0.05) is 61.3 Å². The minimum atomic E-state index is -2.72. The Morgan fingerprint density at radius 2 is 1.78 bits per heavy atom. The van der Waals surface area contributed by atoms with Gasteiger partial charge in [0.25, 0.3) is 5.92 Å². The van der Waals surface area contributed by atoms with Gasteiger partial charge >= 0.3 is 5.97 Å². The van der Waals surface area contributed by atoms with Crippen LogP contribution in [-0.2, 0) is 9.59 Å². The third-order valence-electron chi connectivity index (χ3n) is 7.38. The maximum absolute atomic E-state index is 14.1. The van der Waals surface area contributed by atoms with Crippen LogP contribution in [0.3, 0.4) is 0 Å². The van der Waals surface area contributed by atoms with E-state index in [9.17, 15) is 23.5 Å². The number of aliphatic carboxylic acids is 1. The zero-order chi connectivity index (χ0) is 26.3. The molecule has 194 valence electrons. The lowest BCUT2D eigenvalue weighted by Crippen LogP contribution is -2.62. The SMILES string of the molecule is CCC(CN1CC(F)(F)C1)N1C(=O)C(C)(CC(=O)O)CC(c2cccc(Cl)c2)C1c1ccc(Cl)cc1. The van der Waals surface area contributed by atoms with Crippen molar-refractivity contribution in [2.75, 3.05) is 19.6 Å². The van der Waals surface area contributed by atoms with E-state index in [0.29, 0.717) is 22.9 Å². The average Bonchev–Trinajstić information content (AvgIpc) is 2.78. The predicted molar refractivity (Wildman–Crippen MR) is 136 cm³/mol. The summed E-state index contributed by atoms with van der Waals surface area (Å²) in [6.45, 7) is 3.21.